The van der Waals surface area contributed by atoms with Crippen molar-refractivity contribution in [3.8, 4) is 0 Å². The number of rotatable bonds is 7. The molecule has 1 amide bonds. The summed E-state index contributed by atoms with van der Waals surface area (Å²) in [4.78, 5) is 12.7. The number of carbonyl (C=O) groups excluding carboxylic acids is 1. The van der Waals surface area contributed by atoms with Crippen LogP contribution in [0.5, 0.6) is 0 Å². The third-order valence-corrected chi connectivity index (χ3v) is 6.47. The van der Waals surface area contributed by atoms with Crippen LogP contribution in [0, 0.1) is 0 Å². The summed E-state index contributed by atoms with van der Waals surface area (Å²) in [6.07, 6.45) is -0.753. The van der Waals surface area contributed by atoms with Gasteiger partial charge in [-0.15, -0.1) is 0 Å². The van der Waals surface area contributed by atoms with Crippen LogP contribution < -0.4 is 0 Å². The Bertz CT molecular complexity index is 369. The van der Waals surface area contributed by atoms with Gasteiger partial charge in [-0.2, -0.15) is 0 Å². The molecule has 0 unspecified atom stereocenters. The molecule has 0 spiro atoms. The Morgan fingerprint density at radius 3 is 2.32 bits per heavy atom. The molecular weight excluding hydrogens is 316 g/mol. The maximum atomic E-state index is 12.5. The zero-order valence-electron chi connectivity index (χ0n) is 10.8. The number of aliphatic hydroxyl groups excluding tert-OH is 1. The van der Waals surface area contributed by atoms with E-state index in [0.29, 0.717) is 19.4 Å². The van der Waals surface area contributed by atoms with Crippen molar-refractivity contribution in [2.24, 2.45) is 0 Å². The predicted octanol–water partition coefficient (Wildman–Crippen LogP) is 2.32. The number of nitrogens with zero attached hydrogens (tertiary/aromatic N) is 1. The Labute approximate surface area is 122 Å². The van der Waals surface area contributed by atoms with Gasteiger partial charge in [0.25, 0.3) is 4.07 Å². The molecule has 6 nitrogen and oxygen atoms in total. The van der Waals surface area contributed by atoms with Crippen molar-refractivity contribution >= 4 is 36.7 Å². The molecule has 0 aromatic rings. The van der Waals surface area contributed by atoms with Crippen LogP contribution in [0.2, 0.25) is 0 Å². The highest BCUT2D eigenvalue weighted by molar-refractivity contribution is 7.60. The van der Waals surface area contributed by atoms with Crippen LogP contribution in [-0.2, 0) is 18.4 Å². The fraction of sp³-hybridized carbons (Fsp3) is 0.900. The van der Waals surface area contributed by atoms with E-state index in [1.54, 1.807) is 13.8 Å². The highest BCUT2D eigenvalue weighted by Gasteiger charge is 2.57. The minimum absolute atomic E-state index is 0.0547. The molecule has 0 aliphatic carbocycles. The maximum absolute atomic E-state index is 12.5. The predicted molar refractivity (Wildman–Crippen MR) is 72.2 cm³/mol. The molecule has 19 heavy (non-hydrogen) atoms. The van der Waals surface area contributed by atoms with E-state index in [9.17, 15) is 14.5 Å². The molecule has 1 N–H and O–H groups in total. The lowest BCUT2D eigenvalue weighted by Gasteiger charge is -2.36. The third kappa shape index (κ3) is 3.43. The van der Waals surface area contributed by atoms with Crippen molar-refractivity contribution in [3.63, 3.8) is 0 Å². The van der Waals surface area contributed by atoms with E-state index in [-0.39, 0.29) is 19.1 Å². The number of carbonyl (C=O) groups is 1. The van der Waals surface area contributed by atoms with E-state index < -0.39 is 17.9 Å². The molecule has 1 heterocycles. The van der Waals surface area contributed by atoms with E-state index in [1.807, 2.05) is 0 Å². The van der Waals surface area contributed by atoms with Crippen molar-refractivity contribution < 1.29 is 23.5 Å². The van der Waals surface area contributed by atoms with Crippen LogP contribution in [0.15, 0.2) is 0 Å². The molecule has 0 bridgehead atoms. The summed E-state index contributed by atoms with van der Waals surface area (Å²) >= 11 is 12.0. The van der Waals surface area contributed by atoms with Gasteiger partial charge in [0.1, 0.15) is 0 Å². The Kier molecular flexibility index (Phi) is 6.11. The number of aliphatic hydroxyl groups is 1. The lowest BCUT2D eigenvalue weighted by Crippen LogP contribution is -2.47. The molecule has 1 aliphatic rings. The standard InChI is InChI=1S/C10H18Cl2NO5P/c1-3-17-19(16,18-4-2)10(11,12)9(15)13-7-5-6-8(13)14/h9,15H,3-7H2,1-2H3/t9-/m0/s1. The summed E-state index contributed by atoms with van der Waals surface area (Å²) in [5, 5.41) is 10.1. The van der Waals surface area contributed by atoms with Crippen LogP contribution in [-0.4, -0.2) is 46.0 Å². The average Bonchev–Trinajstić information content (AvgIpc) is 2.74. The maximum Gasteiger partial charge on any atom is 0.371 e. The topological polar surface area (TPSA) is 76.1 Å². The molecular formula is C10H18Cl2NO5P. The molecule has 9 heteroatoms. The SMILES string of the molecule is CCOP(=O)(OCC)C(Cl)(Cl)[C@H](O)N1CCCC1=O. The first kappa shape index (κ1) is 17.2. The Morgan fingerprint density at radius 2 is 1.95 bits per heavy atom. The van der Waals surface area contributed by atoms with E-state index in [2.05, 4.69) is 0 Å². The molecule has 0 aromatic carbocycles. The van der Waals surface area contributed by atoms with Crippen molar-refractivity contribution in [3.05, 3.63) is 0 Å². The number of likely N-dealkylation sites (tertiary alicyclic amines) is 1. The number of alkyl halides is 2. The number of halogens is 2. The Hall–Kier alpha value is 0.160. The molecule has 1 aliphatic heterocycles. The first-order valence-electron chi connectivity index (χ1n) is 6.04. The van der Waals surface area contributed by atoms with E-state index in [4.69, 9.17) is 32.2 Å². The van der Waals surface area contributed by atoms with Gasteiger partial charge in [-0.25, -0.2) is 0 Å². The molecule has 1 fully saturated rings. The summed E-state index contributed by atoms with van der Waals surface area (Å²) < 4.78 is 20.4. The van der Waals surface area contributed by atoms with Gasteiger partial charge in [-0.3, -0.25) is 9.36 Å². The molecule has 1 rings (SSSR count). The number of amides is 1. The van der Waals surface area contributed by atoms with Gasteiger partial charge in [-0.1, -0.05) is 23.2 Å². The van der Waals surface area contributed by atoms with Gasteiger partial charge in [0.2, 0.25) is 5.91 Å². The lowest BCUT2D eigenvalue weighted by molar-refractivity contribution is -0.136. The second kappa shape index (κ2) is 6.74. The minimum atomic E-state index is -3.97. The Balaban J connectivity index is 2.98. The van der Waals surface area contributed by atoms with Gasteiger partial charge in [0, 0.05) is 13.0 Å². The molecule has 0 radical (unpaired) electrons. The average molecular weight is 334 g/mol. The van der Waals surface area contributed by atoms with Gasteiger partial charge in [0.15, 0.2) is 6.23 Å². The molecule has 1 atom stereocenters. The Morgan fingerprint density at radius 1 is 1.42 bits per heavy atom. The van der Waals surface area contributed by atoms with Crippen molar-refractivity contribution in [1.29, 1.82) is 0 Å². The lowest BCUT2D eigenvalue weighted by atomic mass is 10.4. The fourth-order valence-corrected chi connectivity index (χ4v) is 4.15. The van der Waals surface area contributed by atoms with Gasteiger partial charge < -0.3 is 19.1 Å². The highest BCUT2D eigenvalue weighted by atomic mass is 35.5. The molecule has 1 saturated heterocycles. The second-order valence-corrected chi connectivity index (χ2v) is 8.11. The van der Waals surface area contributed by atoms with E-state index in [0.717, 1.165) is 4.90 Å². The van der Waals surface area contributed by atoms with Gasteiger partial charge >= 0.3 is 7.60 Å². The van der Waals surface area contributed by atoms with Gasteiger partial charge in [0.05, 0.1) is 13.2 Å². The third-order valence-electron chi connectivity index (χ3n) is 2.68. The quantitative estimate of drug-likeness (QED) is 0.571. The van der Waals surface area contributed by atoms with Crippen LogP contribution in [0.3, 0.4) is 0 Å². The van der Waals surface area contributed by atoms with E-state index in [1.165, 1.54) is 0 Å². The largest absolute Gasteiger partial charge is 0.371 e. The normalized spacial score (nSPS) is 19.0. The summed E-state index contributed by atoms with van der Waals surface area (Å²) in [7, 11) is -3.97. The molecule has 0 aromatic heterocycles. The summed E-state index contributed by atoms with van der Waals surface area (Å²) in [5.41, 5.74) is 0. The number of hydrogen-bond acceptors (Lipinski definition) is 5. The highest BCUT2D eigenvalue weighted by Crippen LogP contribution is 2.66. The zero-order chi connectivity index (χ0) is 14.7. The first-order valence-corrected chi connectivity index (χ1v) is 8.34. The summed E-state index contributed by atoms with van der Waals surface area (Å²) in [6.45, 7) is 3.61. The molecule has 112 valence electrons. The summed E-state index contributed by atoms with van der Waals surface area (Å²) in [6, 6.07) is 0. The monoisotopic (exact) mass is 333 g/mol. The second-order valence-electron chi connectivity index (χ2n) is 3.99. The van der Waals surface area contributed by atoms with Crippen LogP contribution in [0.1, 0.15) is 26.7 Å². The molecule has 0 saturated carbocycles. The summed E-state index contributed by atoms with van der Waals surface area (Å²) in [5.74, 6) is -0.294. The zero-order valence-corrected chi connectivity index (χ0v) is 13.2. The smallest absolute Gasteiger partial charge is 0.370 e. The van der Waals surface area contributed by atoms with Crippen molar-refractivity contribution in [1.82, 2.24) is 4.90 Å². The first-order chi connectivity index (χ1) is 8.80. The van der Waals surface area contributed by atoms with Crippen LogP contribution in [0.4, 0.5) is 0 Å². The van der Waals surface area contributed by atoms with Crippen molar-refractivity contribution in [2.75, 3.05) is 19.8 Å². The van der Waals surface area contributed by atoms with Crippen LogP contribution in [0.25, 0.3) is 0 Å². The fourth-order valence-electron chi connectivity index (χ4n) is 1.81. The minimum Gasteiger partial charge on any atom is -0.370 e. The number of hydrogen-bond donors (Lipinski definition) is 1. The van der Waals surface area contributed by atoms with Crippen molar-refractivity contribution in [2.45, 2.75) is 37.0 Å². The van der Waals surface area contributed by atoms with Crippen LogP contribution >= 0.6 is 30.8 Å². The van der Waals surface area contributed by atoms with Gasteiger partial charge in [-0.05, 0) is 20.3 Å². The van der Waals surface area contributed by atoms with E-state index >= 15 is 0 Å².